The Morgan fingerprint density at radius 2 is 2.04 bits per heavy atom. The Morgan fingerprint density at radius 1 is 1.15 bits per heavy atom. The zero-order valence-corrected chi connectivity index (χ0v) is 14.9. The van der Waals surface area contributed by atoms with Crippen molar-refractivity contribution in [2.75, 3.05) is 19.7 Å². The van der Waals surface area contributed by atoms with E-state index in [0.29, 0.717) is 18.9 Å². The minimum absolute atomic E-state index is 0.101. The van der Waals surface area contributed by atoms with E-state index in [1.165, 1.54) is 12.3 Å². The van der Waals surface area contributed by atoms with Gasteiger partial charge in [-0.25, -0.2) is 0 Å². The molecule has 0 aliphatic carbocycles. The summed E-state index contributed by atoms with van der Waals surface area (Å²) in [5.74, 6) is 1.07. The molecule has 0 aliphatic rings. The summed E-state index contributed by atoms with van der Waals surface area (Å²) >= 11 is 0. The van der Waals surface area contributed by atoms with Gasteiger partial charge in [-0.3, -0.25) is 9.59 Å². The number of carbonyl (C=O) groups is 2. The molecule has 0 saturated heterocycles. The van der Waals surface area contributed by atoms with Crippen molar-refractivity contribution < 1.29 is 18.7 Å². The van der Waals surface area contributed by atoms with Crippen molar-refractivity contribution in [3.63, 3.8) is 0 Å². The number of rotatable bonds is 10. The maximum atomic E-state index is 11.7. The van der Waals surface area contributed by atoms with Crippen LogP contribution in [0.15, 0.2) is 53.2 Å². The Labute approximate surface area is 153 Å². The zero-order chi connectivity index (χ0) is 18.6. The Hall–Kier alpha value is -3.02. The van der Waals surface area contributed by atoms with Gasteiger partial charge in [-0.2, -0.15) is 0 Å². The first-order chi connectivity index (χ1) is 12.6. The fourth-order valence-corrected chi connectivity index (χ4v) is 2.19. The van der Waals surface area contributed by atoms with Gasteiger partial charge in [0.1, 0.15) is 11.5 Å². The standard InChI is InChI=1S/C20H24N2O4/c1-16-5-2-6-18(15-16)26-14-4-11-21-20(24)10-12-22-19(23)9-8-17-7-3-13-25-17/h2-3,5-9,13,15H,4,10-12,14H2,1H3,(H,21,24)(H,22,23). The summed E-state index contributed by atoms with van der Waals surface area (Å²) < 4.78 is 10.7. The monoisotopic (exact) mass is 356 g/mol. The SMILES string of the molecule is Cc1cccc(OCCCNC(=O)CCNC(=O)C=Cc2ccco2)c1. The lowest BCUT2D eigenvalue weighted by molar-refractivity contribution is -0.121. The van der Waals surface area contributed by atoms with Gasteiger partial charge in [0, 0.05) is 25.6 Å². The Morgan fingerprint density at radius 3 is 2.81 bits per heavy atom. The molecule has 26 heavy (non-hydrogen) atoms. The number of furan rings is 1. The van der Waals surface area contributed by atoms with Crippen LogP contribution in [0, 0.1) is 6.92 Å². The molecule has 0 saturated carbocycles. The second-order valence-corrected chi connectivity index (χ2v) is 5.76. The molecule has 0 spiro atoms. The molecule has 1 aromatic heterocycles. The number of nitrogens with one attached hydrogen (secondary N) is 2. The van der Waals surface area contributed by atoms with Crippen LogP contribution in [0.3, 0.4) is 0 Å². The summed E-state index contributed by atoms with van der Waals surface area (Å²) in [6, 6.07) is 11.3. The largest absolute Gasteiger partial charge is 0.494 e. The van der Waals surface area contributed by atoms with E-state index in [0.717, 1.165) is 17.7 Å². The third-order valence-electron chi connectivity index (χ3n) is 3.50. The summed E-state index contributed by atoms with van der Waals surface area (Å²) in [5, 5.41) is 5.46. The summed E-state index contributed by atoms with van der Waals surface area (Å²) in [4.78, 5) is 23.3. The van der Waals surface area contributed by atoms with Gasteiger partial charge in [0.05, 0.1) is 12.9 Å². The molecule has 6 nitrogen and oxygen atoms in total. The lowest BCUT2D eigenvalue weighted by atomic mass is 10.2. The normalized spacial score (nSPS) is 10.7. The fraction of sp³-hybridized carbons (Fsp3) is 0.300. The van der Waals surface area contributed by atoms with Crippen molar-refractivity contribution in [2.45, 2.75) is 19.8 Å². The van der Waals surface area contributed by atoms with Crippen LogP contribution in [0.25, 0.3) is 6.08 Å². The van der Waals surface area contributed by atoms with E-state index in [2.05, 4.69) is 10.6 Å². The maximum absolute atomic E-state index is 11.7. The highest BCUT2D eigenvalue weighted by Crippen LogP contribution is 2.12. The number of amides is 2. The molecule has 0 fully saturated rings. The highest BCUT2D eigenvalue weighted by molar-refractivity contribution is 5.91. The quantitative estimate of drug-likeness (QED) is 0.507. The van der Waals surface area contributed by atoms with Crippen molar-refractivity contribution in [1.82, 2.24) is 10.6 Å². The molecule has 2 aromatic rings. The van der Waals surface area contributed by atoms with Crippen molar-refractivity contribution in [2.24, 2.45) is 0 Å². The molecule has 2 rings (SSSR count). The predicted molar refractivity (Wildman–Crippen MR) is 99.7 cm³/mol. The van der Waals surface area contributed by atoms with Crippen molar-refractivity contribution in [3.05, 3.63) is 60.1 Å². The van der Waals surface area contributed by atoms with E-state index in [4.69, 9.17) is 9.15 Å². The number of benzene rings is 1. The molecule has 0 aliphatic heterocycles. The number of carbonyl (C=O) groups excluding carboxylic acids is 2. The first-order valence-electron chi connectivity index (χ1n) is 8.59. The van der Waals surface area contributed by atoms with Crippen LogP contribution in [0.2, 0.25) is 0 Å². The van der Waals surface area contributed by atoms with Gasteiger partial charge >= 0.3 is 0 Å². The number of aryl methyl sites for hydroxylation is 1. The van der Waals surface area contributed by atoms with Crippen LogP contribution in [-0.2, 0) is 9.59 Å². The van der Waals surface area contributed by atoms with Crippen LogP contribution in [-0.4, -0.2) is 31.5 Å². The van der Waals surface area contributed by atoms with E-state index in [9.17, 15) is 9.59 Å². The maximum Gasteiger partial charge on any atom is 0.244 e. The van der Waals surface area contributed by atoms with Gasteiger partial charge < -0.3 is 19.8 Å². The first-order valence-corrected chi connectivity index (χ1v) is 8.59. The summed E-state index contributed by atoms with van der Waals surface area (Å²) in [6.45, 7) is 3.38. The van der Waals surface area contributed by atoms with Gasteiger partial charge in [-0.05, 0) is 49.2 Å². The summed E-state index contributed by atoms with van der Waals surface area (Å²) in [5.41, 5.74) is 1.15. The average Bonchev–Trinajstić information content (AvgIpc) is 3.13. The zero-order valence-electron chi connectivity index (χ0n) is 14.9. The highest BCUT2D eigenvalue weighted by atomic mass is 16.5. The second kappa shape index (κ2) is 10.8. The van der Waals surface area contributed by atoms with Gasteiger partial charge in [0.25, 0.3) is 0 Å². The third kappa shape index (κ3) is 7.70. The lowest BCUT2D eigenvalue weighted by Gasteiger charge is -2.08. The van der Waals surface area contributed by atoms with E-state index >= 15 is 0 Å². The van der Waals surface area contributed by atoms with Crippen molar-refractivity contribution in [3.8, 4) is 5.75 Å². The van der Waals surface area contributed by atoms with Crippen molar-refractivity contribution >= 4 is 17.9 Å². The third-order valence-corrected chi connectivity index (χ3v) is 3.50. The lowest BCUT2D eigenvalue weighted by Crippen LogP contribution is -2.30. The number of hydrogen-bond acceptors (Lipinski definition) is 4. The number of ether oxygens (including phenoxy) is 1. The van der Waals surface area contributed by atoms with Gasteiger partial charge in [-0.15, -0.1) is 0 Å². The molecule has 2 amide bonds. The molecular formula is C20H24N2O4. The van der Waals surface area contributed by atoms with Crippen LogP contribution in [0.1, 0.15) is 24.2 Å². The fourth-order valence-electron chi connectivity index (χ4n) is 2.19. The predicted octanol–water partition coefficient (Wildman–Crippen LogP) is 2.69. The Bertz CT molecular complexity index is 723. The molecule has 6 heteroatoms. The van der Waals surface area contributed by atoms with Gasteiger partial charge in [0.2, 0.25) is 11.8 Å². The van der Waals surface area contributed by atoms with Crippen LogP contribution in [0.4, 0.5) is 0 Å². The second-order valence-electron chi connectivity index (χ2n) is 5.76. The van der Waals surface area contributed by atoms with E-state index in [1.54, 1.807) is 18.2 Å². The van der Waals surface area contributed by atoms with Crippen LogP contribution in [0.5, 0.6) is 5.75 Å². The molecule has 138 valence electrons. The summed E-state index contributed by atoms with van der Waals surface area (Å²) in [7, 11) is 0. The van der Waals surface area contributed by atoms with Crippen molar-refractivity contribution in [1.29, 1.82) is 0 Å². The molecular weight excluding hydrogens is 332 g/mol. The molecule has 1 heterocycles. The molecule has 0 bridgehead atoms. The molecule has 0 atom stereocenters. The van der Waals surface area contributed by atoms with Crippen LogP contribution >= 0.6 is 0 Å². The van der Waals surface area contributed by atoms with E-state index in [1.807, 2.05) is 31.2 Å². The Kier molecular flexibility index (Phi) is 7.99. The van der Waals surface area contributed by atoms with Gasteiger partial charge in [0.15, 0.2) is 0 Å². The van der Waals surface area contributed by atoms with E-state index < -0.39 is 0 Å². The summed E-state index contributed by atoms with van der Waals surface area (Å²) in [6.07, 6.45) is 5.44. The molecule has 1 aromatic carbocycles. The molecule has 2 N–H and O–H groups in total. The number of hydrogen-bond donors (Lipinski definition) is 2. The smallest absolute Gasteiger partial charge is 0.244 e. The van der Waals surface area contributed by atoms with Crippen LogP contribution < -0.4 is 15.4 Å². The topological polar surface area (TPSA) is 80.6 Å². The van der Waals surface area contributed by atoms with Gasteiger partial charge in [-0.1, -0.05) is 12.1 Å². The minimum atomic E-state index is -0.263. The van der Waals surface area contributed by atoms with E-state index in [-0.39, 0.29) is 24.8 Å². The highest BCUT2D eigenvalue weighted by Gasteiger charge is 2.02. The minimum Gasteiger partial charge on any atom is -0.494 e. The first kappa shape index (κ1) is 19.3. The average molecular weight is 356 g/mol. The molecule has 0 radical (unpaired) electrons. The Balaban J connectivity index is 1.50. The molecule has 0 unspecified atom stereocenters.